The van der Waals surface area contributed by atoms with Gasteiger partial charge in [-0.05, 0) is 36.4 Å². The second kappa shape index (κ2) is 7.22. The minimum absolute atomic E-state index is 0.112. The lowest BCUT2D eigenvalue weighted by atomic mass is 10.0. The molecule has 0 aromatic heterocycles. The summed E-state index contributed by atoms with van der Waals surface area (Å²) in [7, 11) is 0. The SMILES string of the molecule is O=C(O)CNc1ccc(C(=O)CC(=O)c2ccccc2O)cc1. The van der Waals surface area contributed by atoms with E-state index in [1.807, 2.05) is 0 Å². The van der Waals surface area contributed by atoms with Crippen LogP contribution in [0.25, 0.3) is 0 Å². The molecule has 0 aliphatic rings. The molecular weight excluding hydrogens is 298 g/mol. The number of aromatic hydroxyl groups is 1. The van der Waals surface area contributed by atoms with Gasteiger partial charge in [-0.2, -0.15) is 0 Å². The Morgan fingerprint density at radius 3 is 2.17 bits per heavy atom. The number of hydrogen-bond donors (Lipinski definition) is 3. The van der Waals surface area contributed by atoms with Crippen LogP contribution in [0.1, 0.15) is 27.1 Å². The van der Waals surface area contributed by atoms with Gasteiger partial charge in [-0.1, -0.05) is 12.1 Å². The first-order valence-corrected chi connectivity index (χ1v) is 6.87. The Hall–Kier alpha value is -3.15. The third kappa shape index (κ3) is 4.41. The van der Waals surface area contributed by atoms with E-state index in [-0.39, 0.29) is 30.1 Å². The van der Waals surface area contributed by atoms with E-state index < -0.39 is 11.8 Å². The molecule has 0 radical (unpaired) electrons. The predicted octanol–water partition coefficient (Wildman–Crippen LogP) is 2.34. The maximum absolute atomic E-state index is 12.1. The number of carbonyl (C=O) groups excluding carboxylic acids is 2. The van der Waals surface area contributed by atoms with Crippen molar-refractivity contribution in [3.63, 3.8) is 0 Å². The molecule has 0 saturated carbocycles. The molecule has 0 atom stereocenters. The first kappa shape index (κ1) is 16.2. The van der Waals surface area contributed by atoms with Crippen LogP contribution < -0.4 is 5.32 Å². The third-order valence-electron chi connectivity index (χ3n) is 3.18. The Morgan fingerprint density at radius 2 is 1.57 bits per heavy atom. The summed E-state index contributed by atoms with van der Waals surface area (Å²) in [6, 6.07) is 12.2. The van der Waals surface area contributed by atoms with Crippen molar-refractivity contribution in [2.45, 2.75) is 6.42 Å². The summed E-state index contributed by atoms with van der Waals surface area (Å²) in [5, 5.41) is 20.9. The molecule has 23 heavy (non-hydrogen) atoms. The summed E-state index contributed by atoms with van der Waals surface area (Å²) in [5.74, 6) is -1.97. The van der Waals surface area contributed by atoms with Crippen molar-refractivity contribution >= 4 is 23.2 Å². The zero-order valence-electron chi connectivity index (χ0n) is 12.2. The van der Waals surface area contributed by atoms with Gasteiger partial charge in [0.1, 0.15) is 12.3 Å². The van der Waals surface area contributed by atoms with E-state index >= 15 is 0 Å². The number of Topliss-reactive ketones (excluding diaryl/α,β-unsaturated/α-hetero) is 2. The van der Waals surface area contributed by atoms with E-state index in [2.05, 4.69) is 5.32 Å². The number of nitrogens with one attached hydrogen (secondary N) is 1. The molecule has 118 valence electrons. The fraction of sp³-hybridized carbons (Fsp3) is 0.118. The van der Waals surface area contributed by atoms with E-state index in [0.717, 1.165) is 0 Å². The molecule has 0 aliphatic carbocycles. The average Bonchev–Trinajstić information content (AvgIpc) is 2.53. The summed E-state index contributed by atoms with van der Waals surface area (Å²) in [4.78, 5) is 34.6. The number of rotatable bonds is 7. The molecule has 0 amide bonds. The second-order valence-electron chi connectivity index (χ2n) is 4.86. The van der Waals surface area contributed by atoms with Crippen LogP contribution in [0, 0.1) is 0 Å². The van der Waals surface area contributed by atoms with Crippen molar-refractivity contribution in [2.75, 3.05) is 11.9 Å². The number of carboxylic acids is 1. The Bertz CT molecular complexity index is 737. The van der Waals surface area contributed by atoms with Gasteiger partial charge in [0.2, 0.25) is 0 Å². The molecule has 2 aromatic rings. The minimum Gasteiger partial charge on any atom is -0.507 e. The highest BCUT2D eigenvalue weighted by molar-refractivity contribution is 6.14. The van der Waals surface area contributed by atoms with Crippen molar-refractivity contribution in [3.8, 4) is 5.75 Å². The lowest BCUT2D eigenvalue weighted by Gasteiger charge is -2.06. The van der Waals surface area contributed by atoms with Crippen LogP contribution in [0.5, 0.6) is 5.75 Å². The molecule has 0 aliphatic heterocycles. The topological polar surface area (TPSA) is 104 Å². The van der Waals surface area contributed by atoms with Gasteiger partial charge >= 0.3 is 5.97 Å². The van der Waals surface area contributed by atoms with E-state index in [0.29, 0.717) is 11.3 Å². The first-order valence-electron chi connectivity index (χ1n) is 6.87. The van der Waals surface area contributed by atoms with Gasteiger partial charge in [0.05, 0.1) is 12.0 Å². The number of benzene rings is 2. The highest BCUT2D eigenvalue weighted by atomic mass is 16.4. The van der Waals surface area contributed by atoms with E-state index in [1.54, 1.807) is 24.3 Å². The van der Waals surface area contributed by atoms with Crippen molar-refractivity contribution in [3.05, 3.63) is 59.7 Å². The smallest absolute Gasteiger partial charge is 0.322 e. The highest BCUT2D eigenvalue weighted by Crippen LogP contribution is 2.19. The molecule has 2 rings (SSSR count). The molecule has 0 spiro atoms. The van der Waals surface area contributed by atoms with Crippen LogP contribution >= 0.6 is 0 Å². The monoisotopic (exact) mass is 313 g/mol. The number of ketones is 2. The fourth-order valence-electron chi connectivity index (χ4n) is 2.00. The molecule has 0 heterocycles. The highest BCUT2D eigenvalue weighted by Gasteiger charge is 2.16. The van der Waals surface area contributed by atoms with Crippen LogP contribution in [-0.4, -0.2) is 34.3 Å². The number of phenolic OH excluding ortho intramolecular Hbond substituents is 1. The lowest BCUT2D eigenvalue weighted by molar-refractivity contribution is -0.134. The van der Waals surface area contributed by atoms with Gasteiger partial charge in [0, 0.05) is 11.3 Å². The molecule has 0 fully saturated rings. The van der Waals surface area contributed by atoms with Crippen LogP contribution in [0.2, 0.25) is 0 Å². The second-order valence-corrected chi connectivity index (χ2v) is 4.86. The predicted molar refractivity (Wildman–Crippen MR) is 84.0 cm³/mol. The zero-order valence-corrected chi connectivity index (χ0v) is 12.2. The van der Waals surface area contributed by atoms with Crippen LogP contribution in [-0.2, 0) is 4.79 Å². The summed E-state index contributed by atoms with van der Waals surface area (Å²) in [6.45, 7) is -0.223. The Kier molecular flexibility index (Phi) is 5.09. The van der Waals surface area contributed by atoms with Crippen LogP contribution in [0.4, 0.5) is 5.69 Å². The van der Waals surface area contributed by atoms with Gasteiger partial charge < -0.3 is 15.5 Å². The molecule has 0 bridgehead atoms. The number of carboxylic acid groups (broad SMARTS) is 1. The summed E-state index contributed by atoms with van der Waals surface area (Å²) in [5.41, 5.74) is 1.02. The van der Waals surface area contributed by atoms with Crippen molar-refractivity contribution in [2.24, 2.45) is 0 Å². The number of phenols is 1. The average molecular weight is 313 g/mol. The van der Waals surface area contributed by atoms with Crippen LogP contribution in [0.15, 0.2) is 48.5 Å². The number of carbonyl (C=O) groups is 3. The molecule has 2 aromatic carbocycles. The van der Waals surface area contributed by atoms with Gasteiger partial charge in [-0.25, -0.2) is 0 Å². The first-order chi connectivity index (χ1) is 11.0. The maximum atomic E-state index is 12.1. The number of hydrogen-bond acceptors (Lipinski definition) is 5. The van der Waals surface area contributed by atoms with Gasteiger partial charge in [0.15, 0.2) is 11.6 Å². The zero-order chi connectivity index (χ0) is 16.8. The van der Waals surface area contributed by atoms with E-state index in [4.69, 9.17) is 5.11 Å². The summed E-state index contributed by atoms with van der Waals surface area (Å²) in [6.07, 6.45) is -0.348. The maximum Gasteiger partial charge on any atom is 0.322 e. The standard InChI is InChI=1S/C17H15NO5/c19-14-4-2-1-3-13(14)16(21)9-15(20)11-5-7-12(8-6-11)18-10-17(22)23/h1-8,18-19H,9-10H2,(H,22,23). The fourth-order valence-corrected chi connectivity index (χ4v) is 2.00. The number of aliphatic carboxylic acids is 1. The van der Waals surface area contributed by atoms with Crippen molar-refractivity contribution < 1.29 is 24.6 Å². The van der Waals surface area contributed by atoms with E-state index in [9.17, 15) is 19.5 Å². The summed E-state index contributed by atoms with van der Waals surface area (Å²) < 4.78 is 0. The van der Waals surface area contributed by atoms with Gasteiger partial charge in [-0.3, -0.25) is 14.4 Å². The normalized spacial score (nSPS) is 10.1. The largest absolute Gasteiger partial charge is 0.507 e. The number of anilines is 1. The summed E-state index contributed by atoms with van der Waals surface area (Å²) >= 11 is 0. The molecule has 6 nitrogen and oxygen atoms in total. The third-order valence-corrected chi connectivity index (χ3v) is 3.18. The molecule has 0 saturated heterocycles. The Balaban J connectivity index is 2.02. The lowest BCUT2D eigenvalue weighted by Crippen LogP contribution is -2.12. The van der Waals surface area contributed by atoms with Gasteiger partial charge in [-0.15, -0.1) is 0 Å². The van der Waals surface area contributed by atoms with Crippen LogP contribution in [0.3, 0.4) is 0 Å². The quantitative estimate of drug-likeness (QED) is 0.535. The van der Waals surface area contributed by atoms with Crippen molar-refractivity contribution in [1.82, 2.24) is 0 Å². The molecule has 6 heteroatoms. The molecule has 3 N–H and O–H groups in total. The number of para-hydroxylation sites is 1. The minimum atomic E-state index is -0.988. The Labute approximate surface area is 132 Å². The Morgan fingerprint density at radius 1 is 0.913 bits per heavy atom. The molecular formula is C17H15NO5. The molecule has 0 unspecified atom stereocenters. The van der Waals surface area contributed by atoms with Crippen molar-refractivity contribution in [1.29, 1.82) is 0 Å². The van der Waals surface area contributed by atoms with E-state index in [1.165, 1.54) is 24.3 Å². The van der Waals surface area contributed by atoms with Gasteiger partial charge in [0.25, 0.3) is 0 Å².